The molecule has 1 rings (SSSR count). The van der Waals surface area contributed by atoms with Crippen LogP contribution in [0.3, 0.4) is 0 Å². The zero-order valence-electron chi connectivity index (χ0n) is 21.5. The number of hydrogen-bond acceptors (Lipinski definition) is 8. The Bertz CT molecular complexity index is 973. The van der Waals surface area contributed by atoms with Crippen molar-refractivity contribution in [1.29, 1.82) is 0 Å². The fraction of sp³-hybridized carbons (Fsp3) is 0.542. The molecular weight excluding hydrogens is 472 g/mol. The standard InChI is InChI=1S/C24H36N4O8/c1-7-10-28(22(33)16(12-18(25)30)27-23(34)36-24(3,4)5)20(21(32)26-13-19(31)35-6)15-8-9-17(29)14(2)11-15/h8-9,11,16,20,29H,7,10,12-13H2,1-6H3,(H2,25,30)(H,26,32)(H,27,34). The quantitative estimate of drug-likeness (QED) is 0.320. The van der Waals surface area contributed by atoms with Crippen molar-refractivity contribution in [2.24, 2.45) is 5.73 Å². The van der Waals surface area contributed by atoms with Crippen LogP contribution in [0.25, 0.3) is 0 Å². The topological polar surface area (TPSA) is 177 Å². The lowest BCUT2D eigenvalue weighted by Gasteiger charge is -2.34. The highest BCUT2D eigenvalue weighted by atomic mass is 16.6. The SMILES string of the molecule is CCCN(C(=O)C(CC(N)=O)NC(=O)OC(C)(C)C)C(C(=O)NCC(=O)OC)c1ccc(O)c(C)c1. The summed E-state index contributed by atoms with van der Waals surface area (Å²) in [5, 5.41) is 14.8. The highest BCUT2D eigenvalue weighted by molar-refractivity contribution is 5.95. The van der Waals surface area contributed by atoms with E-state index in [-0.39, 0.29) is 12.3 Å². The van der Waals surface area contributed by atoms with Crippen molar-refractivity contribution in [1.82, 2.24) is 15.5 Å². The van der Waals surface area contributed by atoms with Gasteiger partial charge in [-0.15, -0.1) is 0 Å². The van der Waals surface area contributed by atoms with Gasteiger partial charge in [0.15, 0.2) is 0 Å². The second kappa shape index (κ2) is 13.3. The Balaban J connectivity index is 3.47. The third-order valence-electron chi connectivity index (χ3n) is 4.87. The molecule has 4 amide bonds. The molecule has 5 N–H and O–H groups in total. The first-order valence-corrected chi connectivity index (χ1v) is 11.4. The van der Waals surface area contributed by atoms with Crippen LogP contribution in [0.5, 0.6) is 5.75 Å². The summed E-state index contributed by atoms with van der Waals surface area (Å²) < 4.78 is 9.77. The van der Waals surface area contributed by atoms with E-state index >= 15 is 0 Å². The minimum Gasteiger partial charge on any atom is -0.508 e. The van der Waals surface area contributed by atoms with Gasteiger partial charge in [0.2, 0.25) is 17.7 Å². The van der Waals surface area contributed by atoms with Gasteiger partial charge in [0.25, 0.3) is 0 Å². The average Bonchev–Trinajstić information content (AvgIpc) is 2.76. The van der Waals surface area contributed by atoms with E-state index in [1.54, 1.807) is 34.6 Å². The smallest absolute Gasteiger partial charge is 0.408 e. The summed E-state index contributed by atoms with van der Waals surface area (Å²) in [4.78, 5) is 63.8. The number of nitrogens with one attached hydrogen (secondary N) is 2. The molecule has 0 saturated heterocycles. The van der Waals surface area contributed by atoms with Crippen molar-refractivity contribution < 1.29 is 38.6 Å². The molecular formula is C24H36N4O8. The minimum absolute atomic E-state index is 0.0148. The second-order valence-corrected chi connectivity index (χ2v) is 9.14. The Labute approximate surface area is 210 Å². The first-order chi connectivity index (χ1) is 16.7. The maximum absolute atomic E-state index is 13.7. The molecule has 0 heterocycles. The van der Waals surface area contributed by atoms with Gasteiger partial charge >= 0.3 is 12.1 Å². The van der Waals surface area contributed by atoms with Crippen molar-refractivity contribution in [3.05, 3.63) is 29.3 Å². The molecule has 2 unspecified atom stereocenters. The molecule has 0 aliphatic carbocycles. The maximum atomic E-state index is 13.7. The normalized spacial score (nSPS) is 12.6. The number of alkyl carbamates (subject to hydrolysis) is 1. The van der Waals surface area contributed by atoms with Crippen LogP contribution >= 0.6 is 0 Å². The van der Waals surface area contributed by atoms with Crippen LogP contribution in [0.2, 0.25) is 0 Å². The number of nitrogens with two attached hydrogens (primary N) is 1. The number of carbonyl (C=O) groups excluding carboxylic acids is 5. The lowest BCUT2D eigenvalue weighted by molar-refractivity contribution is -0.145. The van der Waals surface area contributed by atoms with E-state index in [9.17, 15) is 29.1 Å². The third-order valence-corrected chi connectivity index (χ3v) is 4.87. The van der Waals surface area contributed by atoms with E-state index in [2.05, 4.69) is 15.4 Å². The van der Waals surface area contributed by atoms with Crippen LogP contribution in [0.1, 0.15) is 57.7 Å². The maximum Gasteiger partial charge on any atom is 0.408 e. The fourth-order valence-electron chi connectivity index (χ4n) is 3.31. The van der Waals surface area contributed by atoms with E-state index in [0.29, 0.717) is 17.5 Å². The summed E-state index contributed by atoms with van der Waals surface area (Å²) in [5.41, 5.74) is 5.24. The zero-order valence-corrected chi connectivity index (χ0v) is 21.5. The van der Waals surface area contributed by atoms with Crippen molar-refractivity contribution in [3.8, 4) is 5.75 Å². The summed E-state index contributed by atoms with van der Waals surface area (Å²) in [6.45, 7) is 7.91. The van der Waals surface area contributed by atoms with Crippen LogP contribution in [-0.4, -0.2) is 71.6 Å². The molecule has 36 heavy (non-hydrogen) atoms. The number of methoxy groups -OCH3 is 1. The predicted octanol–water partition coefficient (Wildman–Crippen LogP) is 1.04. The molecule has 0 aliphatic rings. The Morgan fingerprint density at radius 1 is 1.17 bits per heavy atom. The predicted molar refractivity (Wildman–Crippen MR) is 130 cm³/mol. The zero-order chi connectivity index (χ0) is 27.6. The molecule has 12 nitrogen and oxygen atoms in total. The van der Waals surface area contributed by atoms with Crippen LogP contribution in [0.15, 0.2) is 18.2 Å². The Morgan fingerprint density at radius 3 is 2.31 bits per heavy atom. The summed E-state index contributed by atoms with van der Waals surface area (Å²) in [5.74, 6) is -3.03. The number of phenolic OH excluding ortho intramolecular Hbond substituents is 1. The molecule has 0 aliphatic heterocycles. The van der Waals surface area contributed by atoms with Gasteiger partial charge in [-0.25, -0.2) is 4.79 Å². The number of primary amides is 1. The summed E-state index contributed by atoms with van der Waals surface area (Å²) >= 11 is 0. The molecule has 200 valence electrons. The molecule has 0 radical (unpaired) electrons. The van der Waals surface area contributed by atoms with Crippen molar-refractivity contribution >= 4 is 29.8 Å². The lowest BCUT2D eigenvalue weighted by Crippen LogP contribution is -2.54. The summed E-state index contributed by atoms with van der Waals surface area (Å²) in [7, 11) is 1.17. The second-order valence-electron chi connectivity index (χ2n) is 9.14. The molecule has 2 atom stereocenters. The number of esters is 1. The number of aryl methyl sites for hydroxylation is 1. The number of ether oxygens (including phenoxy) is 2. The van der Waals surface area contributed by atoms with Crippen molar-refractivity contribution in [2.75, 3.05) is 20.2 Å². The molecule has 12 heteroatoms. The van der Waals surface area contributed by atoms with Gasteiger partial charge in [0, 0.05) is 6.54 Å². The molecule has 1 aromatic carbocycles. The molecule has 1 aromatic rings. The van der Waals surface area contributed by atoms with Crippen molar-refractivity contribution in [2.45, 2.75) is 65.1 Å². The summed E-state index contributed by atoms with van der Waals surface area (Å²) in [6, 6.07) is 1.68. The van der Waals surface area contributed by atoms with Gasteiger partial charge in [-0.05, 0) is 57.4 Å². The first-order valence-electron chi connectivity index (χ1n) is 11.4. The Morgan fingerprint density at radius 2 is 1.81 bits per heavy atom. The first kappa shape index (κ1) is 30.2. The van der Waals surface area contributed by atoms with Crippen LogP contribution in [-0.2, 0) is 28.7 Å². The van der Waals surface area contributed by atoms with E-state index in [1.165, 1.54) is 30.2 Å². The lowest BCUT2D eigenvalue weighted by atomic mass is 9.99. The Hall–Kier alpha value is -3.83. The number of carbonyl (C=O) groups is 5. The van der Waals surface area contributed by atoms with Crippen molar-refractivity contribution in [3.63, 3.8) is 0 Å². The van der Waals surface area contributed by atoms with Gasteiger partial charge in [-0.1, -0.05) is 13.0 Å². The number of hydrogen-bond donors (Lipinski definition) is 4. The van der Waals surface area contributed by atoms with Gasteiger partial charge < -0.3 is 35.8 Å². The van der Waals surface area contributed by atoms with Gasteiger partial charge in [0.05, 0.1) is 13.5 Å². The largest absolute Gasteiger partial charge is 0.508 e. The third kappa shape index (κ3) is 9.43. The van der Waals surface area contributed by atoms with E-state index in [0.717, 1.165) is 0 Å². The van der Waals surface area contributed by atoms with E-state index < -0.39 is 60.4 Å². The van der Waals surface area contributed by atoms with E-state index in [1.807, 2.05) is 0 Å². The highest BCUT2D eigenvalue weighted by Crippen LogP contribution is 2.27. The minimum atomic E-state index is -1.42. The number of aromatic hydroxyl groups is 1. The number of rotatable bonds is 11. The van der Waals surface area contributed by atoms with Crippen LogP contribution in [0.4, 0.5) is 4.79 Å². The number of benzene rings is 1. The molecule has 0 bridgehead atoms. The van der Waals surface area contributed by atoms with Crippen LogP contribution in [0, 0.1) is 6.92 Å². The molecule has 0 fully saturated rings. The molecule has 0 aromatic heterocycles. The van der Waals surface area contributed by atoms with E-state index in [4.69, 9.17) is 10.5 Å². The monoisotopic (exact) mass is 508 g/mol. The number of nitrogens with zero attached hydrogens (tertiary/aromatic N) is 1. The number of amides is 4. The number of phenols is 1. The highest BCUT2D eigenvalue weighted by Gasteiger charge is 2.37. The fourth-order valence-corrected chi connectivity index (χ4v) is 3.31. The van der Waals surface area contributed by atoms with Crippen LogP contribution < -0.4 is 16.4 Å². The summed E-state index contributed by atoms with van der Waals surface area (Å²) in [6.07, 6.45) is -1.06. The van der Waals surface area contributed by atoms with Gasteiger partial charge in [0.1, 0.15) is 30.0 Å². The average molecular weight is 509 g/mol. The van der Waals surface area contributed by atoms with Gasteiger partial charge in [-0.2, -0.15) is 0 Å². The van der Waals surface area contributed by atoms with Gasteiger partial charge in [-0.3, -0.25) is 19.2 Å². The molecule has 0 saturated carbocycles. The Kier molecular flexibility index (Phi) is 11.2. The molecule has 0 spiro atoms.